The molecule has 0 aliphatic heterocycles. The summed E-state index contributed by atoms with van der Waals surface area (Å²) in [6, 6.07) is 27.1. The van der Waals surface area contributed by atoms with Crippen molar-refractivity contribution in [2.75, 3.05) is 0 Å². The smallest absolute Gasteiger partial charge is 0.312 e. The van der Waals surface area contributed by atoms with Crippen molar-refractivity contribution in [1.29, 1.82) is 0 Å². The molecule has 0 heterocycles. The predicted octanol–water partition coefficient (Wildman–Crippen LogP) is 4.49. The van der Waals surface area contributed by atoms with E-state index in [-0.39, 0.29) is 6.10 Å². The standard InChI is InChI=1S/C21H17O3/c22-20(23)15-16-11-13-19(14-12-16)24-21(17-7-3-1-4-8-17)18-9-5-2-6-10-18/h1-15,21H,(H,22,23). The average molecular weight is 317 g/mol. The molecule has 0 saturated carbocycles. The first kappa shape index (κ1) is 15.8. The van der Waals surface area contributed by atoms with Crippen molar-refractivity contribution >= 4 is 5.97 Å². The second kappa shape index (κ2) is 7.47. The van der Waals surface area contributed by atoms with Gasteiger partial charge in [-0.1, -0.05) is 72.8 Å². The number of aliphatic carboxylic acids is 1. The lowest BCUT2D eigenvalue weighted by molar-refractivity contribution is -0.132. The molecule has 1 N–H and O–H groups in total. The van der Waals surface area contributed by atoms with Crippen molar-refractivity contribution in [3.05, 3.63) is 108 Å². The van der Waals surface area contributed by atoms with E-state index in [4.69, 9.17) is 9.84 Å². The molecule has 3 aromatic carbocycles. The van der Waals surface area contributed by atoms with Gasteiger partial charge < -0.3 is 9.84 Å². The van der Waals surface area contributed by atoms with Crippen molar-refractivity contribution in [2.45, 2.75) is 6.10 Å². The highest BCUT2D eigenvalue weighted by molar-refractivity contribution is 5.81. The largest absolute Gasteiger partial charge is 0.481 e. The summed E-state index contributed by atoms with van der Waals surface area (Å²) < 4.78 is 6.19. The van der Waals surface area contributed by atoms with Crippen LogP contribution in [0.2, 0.25) is 0 Å². The molecule has 0 aliphatic rings. The Morgan fingerprint density at radius 3 is 1.75 bits per heavy atom. The van der Waals surface area contributed by atoms with Crippen molar-refractivity contribution in [3.8, 4) is 5.75 Å². The van der Waals surface area contributed by atoms with E-state index in [0.29, 0.717) is 11.3 Å². The van der Waals surface area contributed by atoms with Crippen molar-refractivity contribution in [2.24, 2.45) is 0 Å². The van der Waals surface area contributed by atoms with Gasteiger partial charge in [-0.05, 0) is 28.8 Å². The summed E-state index contributed by atoms with van der Waals surface area (Å²) in [6.45, 7) is 0. The van der Waals surface area contributed by atoms with Crippen LogP contribution in [0.4, 0.5) is 0 Å². The topological polar surface area (TPSA) is 46.5 Å². The summed E-state index contributed by atoms with van der Waals surface area (Å²) in [7, 11) is 0. The first-order valence-corrected chi connectivity index (χ1v) is 7.66. The molecule has 0 aromatic heterocycles. The van der Waals surface area contributed by atoms with Crippen molar-refractivity contribution in [1.82, 2.24) is 0 Å². The Labute approximate surface area is 141 Å². The SMILES string of the molecule is O=C(O)[CH]c1ccc(OC(c2ccccc2)c2ccccc2)cc1. The minimum atomic E-state index is -0.963. The monoisotopic (exact) mass is 317 g/mol. The van der Waals surface area contributed by atoms with Crippen LogP contribution in [0, 0.1) is 6.42 Å². The van der Waals surface area contributed by atoms with Gasteiger partial charge in [0.05, 0.1) is 6.42 Å². The normalized spacial score (nSPS) is 10.5. The van der Waals surface area contributed by atoms with Gasteiger partial charge in [0, 0.05) is 0 Å². The van der Waals surface area contributed by atoms with Gasteiger partial charge in [-0.15, -0.1) is 0 Å². The summed E-state index contributed by atoms with van der Waals surface area (Å²) in [5.74, 6) is -0.273. The summed E-state index contributed by atoms with van der Waals surface area (Å²) in [5, 5.41) is 8.79. The van der Waals surface area contributed by atoms with E-state index in [0.717, 1.165) is 17.5 Å². The number of benzene rings is 3. The molecule has 0 fully saturated rings. The number of ether oxygens (including phenoxy) is 1. The van der Waals surface area contributed by atoms with E-state index in [1.165, 1.54) is 0 Å². The highest BCUT2D eigenvalue weighted by atomic mass is 16.5. The Hall–Kier alpha value is -3.07. The molecule has 0 saturated heterocycles. The van der Waals surface area contributed by atoms with Crippen LogP contribution in [-0.4, -0.2) is 11.1 Å². The van der Waals surface area contributed by atoms with E-state index >= 15 is 0 Å². The zero-order valence-corrected chi connectivity index (χ0v) is 13.0. The van der Waals surface area contributed by atoms with Crippen LogP contribution in [0.3, 0.4) is 0 Å². The minimum Gasteiger partial charge on any atom is -0.481 e. The van der Waals surface area contributed by atoms with E-state index in [2.05, 4.69) is 0 Å². The summed E-state index contributed by atoms with van der Waals surface area (Å²) >= 11 is 0. The van der Waals surface area contributed by atoms with Gasteiger partial charge in [0.2, 0.25) is 0 Å². The molecule has 3 nitrogen and oxygen atoms in total. The van der Waals surface area contributed by atoms with Crippen LogP contribution < -0.4 is 4.74 Å². The molecule has 24 heavy (non-hydrogen) atoms. The molecule has 0 bridgehead atoms. The fraction of sp³-hybridized carbons (Fsp3) is 0.0476. The molecule has 0 amide bonds. The van der Waals surface area contributed by atoms with Crippen LogP contribution in [-0.2, 0) is 4.79 Å². The number of hydrogen-bond acceptors (Lipinski definition) is 2. The third kappa shape index (κ3) is 4.02. The molecular weight excluding hydrogens is 300 g/mol. The Morgan fingerprint density at radius 1 is 0.792 bits per heavy atom. The molecular formula is C21H17O3. The maximum atomic E-state index is 10.7. The van der Waals surface area contributed by atoms with Gasteiger partial charge in [0.15, 0.2) is 0 Å². The van der Waals surface area contributed by atoms with Gasteiger partial charge >= 0.3 is 5.97 Å². The molecule has 0 unspecified atom stereocenters. The maximum absolute atomic E-state index is 10.7. The van der Waals surface area contributed by atoms with Gasteiger partial charge in [-0.3, -0.25) is 4.79 Å². The van der Waals surface area contributed by atoms with Crippen molar-refractivity contribution in [3.63, 3.8) is 0 Å². The molecule has 119 valence electrons. The van der Waals surface area contributed by atoms with Gasteiger partial charge in [-0.25, -0.2) is 0 Å². The van der Waals surface area contributed by atoms with Crippen LogP contribution >= 0.6 is 0 Å². The summed E-state index contributed by atoms with van der Waals surface area (Å²) in [4.78, 5) is 10.7. The lowest BCUT2D eigenvalue weighted by Gasteiger charge is -2.20. The molecule has 3 rings (SSSR count). The zero-order valence-electron chi connectivity index (χ0n) is 13.0. The number of rotatable bonds is 6. The fourth-order valence-electron chi connectivity index (χ4n) is 2.51. The second-order valence-electron chi connectivity index (χ2n) is 5.37. The van der Waals surface area contributed by atoms with E-state index < -0.39 is 5.97 Å². The van der Waals surface area contributed by atoms with Crippen LogP contribution in [0.5, 0.6) is 5.75 Å². The first-order chi connectivity index (χ1) is 11.7. The molecule has 0 aliphatic carbocycles. The Kier molecular flexibility index (Phi) is 4.92. The summed E-state index contributed by atoms with van der Waals surface area (Å²) in [5.41, 5.74) is 2.75. The first-order valence-electron chi connectivity index (χ1n) is 7.66. The quantitative estimate of drug-likeness (QED) is 0.728. The van der Waals surface area contributed by atoms with Crippen LogP contribution in [0.15, 0.2) is 84.9 Å². The Morgan fingerprint density at radius 2 is 1.29 bits per heavy atom. The van der Waals surface area contributed by atoms with Gasteiger partial charge in [0.1, 0.15) is 11.9 Å². The predicted molar refractivity (Wildman–Crippen MR) is 92.8 cm³/mol. The molecule has 3 heteroatoms. The highest BCUT2D eigenvalue weighted by Crippen LogP contribution is 2.28. The fourth-order valence-corrected chi connectivity index (χ4v) is 2.51. The second-order valence-corrected chi connectivity index (χ2v) is 5.37. The van der Waals surface area contributed by atoms with E-state index in [9.17, 15) is 4.79 Å². The molecule has 3 aromatic rings. The number of carbonyl (C=O) groups is 1. The molecule has 0 spiro atoms. The minimum absolute atomic E-state index is 0.221. The van der Waals surface area contributed by atoms with E-state index in [1.807, 2.05) is 60.7 Å². The van der Waals surface area contributed by atoms with Crippen LogP contribution in [0.1, 0.15) is 22.8 Å². The number of carboxylic acid groups (broad SMARTS) is 1. The molecule has 0 atom stereocenters. The Bertz CT molecular complexity index is 741. The number of carboxylic acids is 1. The average Bonchev–Trinajstić information content (AvgIpc) is 2.62. The Balaban J connectivity index is 1.86. The van der Waals surface area contributed by atoms with Gasteiger partial charge in [-0.2, -0.15) is 0 Å². The van der Waals surface area contributed by atoms with E-state index in [1.54, 1.807) is 24.3 Å². The number of hydrogen-bond donors (Lipinski definition) is 1. The van der Waals surface area contributed by atoms with Crippen LogP contribution in [0.25, 0.3) is 0 Å². The third-order valence-electron chi connectivity index (χ3n) is 3.63. The highest BCUT2D eigenvalue weighted by Gasteiger charge is 2.15. The lowest BCUT2D eigenvalue weighted by atomic mass is 10.0. The zero-order chi connectivity index (χ0) is 16.8. The lowest BCUT2D eigenvalue weighted by Crippen LogP contribution is -2.09. The third-order valence-corrected chi connectivity index (χ3v) is 3.63. The molecule has 1 radical (unpaired) electrons. The summed E-state index contributed by atoms with van der Waals surface area (Å²) in [6.07, 6.45) is 0.942. The maximum Gasteiger partial charge on any atom is 0.312 e. The van der Waals surface area contributed by atoms with Crippen molar-refractivity contribution < 1.29 is 14.6 Å². The van der Waals surface area contributed by atoms with Gasteiger partial charge in [0.25, 0.3) is 0 Å².